The number of imidazole rings is 2. The molecule has 0 amide bonds. The average Bonchev–Trinajstić information content (AvgIpc) is 3.45. The van der Waals surface area contributed by atoms with Crippen LogP contribution in [-0.4, -0.2) is 54.0 Å². The summed E-state index contributed by atoms with van der Waals surface area (Å²) in [6, 6.07) is 0. The molecule has 32 heavy (non-hydrogen) atoms. The summed E-state index contributed by atoms with van der Waals surface area (Å²) in [6.45, 7) is 1.86. The van der Waals surface area contributed by atoms with Gasteiger partial charge in [0.05, 0.1) is 25.4 Å². The molecule has 4 N–H and O–H groups in total. The smallest absolute Gasteiger partial charge is 0.223 e. The standard InChI is InChI=1S/C17H17Cl2N13/c18-12-10-14(26-16(20)24-12)30(7-22-10)3-1-2-4-32-6-9(28-29-32)5-31-8-23-11-13(19)25-17(21)27-15(11)31/h6-8H,1-5H2,(H2,20,24,26)(H2,21,25,27). The van der Waals surface area contributed by atoms with Gasteiger partial charge in [0.2, 0.25) is 11.9 Å². The predicted molar refractivity (Wildman–Crippen MR) is 118 cm³/mol. The maximum Gasteiger partial charge on any atom is 0.223 e. The number of rotatable bonds is 7. The Hall–Kier alpha value is -3.58. The lowest BCUT2D eigenvalue weighted by atomic mass is 10.3. The van der Waals surface area contributed by atoms with Gasteiger partial charge in [0.1, 0.15) is 16.7 Å². The summed E-state index contributed by atoms with van der Waals surface area (Å²) in [5, 5.41) is 8.90. The number of hydrogen-bond acceptors (Lipinski definition) is 10. The van der Waals surface area contributed by atoms with E-state index in [1.807, 2.05) is 10.8 Å². The first kappa shape index (κ1) is 20.3. The summed E-state index contributed by atoms with van der Waals surface area (Å²) < 4.78 is 5.51. The van der Waals surface area contributed by atoms with Gasteiger partial charge in [-0.25, -0.2) is 9.97 Å². The fraction of sp³-hybridized carbons (Fsp3) is 0.294. The first-order valence-electron chi connectivity index (χ1n) is 9.64. The van der Waals surface area contributed by atoms with E-state index in [0.717, 1.165) is 18.5 Å². The van der Waals surface area contributed by atoms with E-state index in [1.54, 1.807) is 21.9 Å². The van der Waals surface area contributed by atoms with Crippen LogP contribution in [-0.2, 0) is 19.6 Å². The molecular formula is C17H17Cl2N13. The second-order valence-electron chi connectivity index (χ2n) is 7.08. The number of halogens is 2. The van der Waals surface area contributed by atoms with Crippen LogP contribution in [0.2, 0.25) is 10.3 Å². The van der Waals surface area contributed by atoms with E-state index in [4.69, 9.17) is 34.7 Å². The molecule has 0 aliphatic heterocycles. The Labute approximate surface area is 190 Å². The Bertz CT molecular complexity index is 1420. The van der Waals surface area contributed by atoms with E-state index in [9.17, 15) is 0 Å². The summed E-state index contributed by atoms with van der Waals surface area (Å²) in [6.07, 6.45) is 6.96. The third kappa shape index (κ3) is 3.87. The molecule has 15 heteroatoms. The fourth-order valence-corrected chi connectivity index (χ4v) is 3.82. The van der Waals surface area contributed by atoms with Crippen molar-refractivity contribution in [1.29, 1.82) is 0 Å². The van der Waals surface area contributed by atoms with Gasteiger partial charge in [-0.2, -0.15) is 19.9 Å². The zero-order chi connectivity index (χ0) is 22.2. The molecule has 0 saturated carbocycles. The number of nitrogens with two attached hydrogens (primary N) is 2. The van der Waals surface area contributed by atoms with Crippen LogP contribution in [0.3, 0.4) is 0 Å². The Kier molecular flexibility index (Phi) is 5.19. The number of hydrogen-bond donors (Lipinski definition) is 2. The highest BCUT2D eigenvalue weighted by atomic mass is 35.5. The molecule has 5 rings (SSSR count). The second-order valence-corrected chi connectivity index (χ2v) is 7.80. The van der Waals surface area contributed by atoms with Crippen LogP contribution < -0.4 is 11.5 Å². The summed E-state index contributed by atoms with van der Waals surface area (Å²) in [5.41, 5.74) is 14.4. The SMILES string of the molecule is Nc1nc(Cl)c2ncn(CCCCn3cc(Cn4cnc5c(Cl)nc(N)nc54)nn3)c2n1. The van der Waals surface area contributed by atoms with Crippen molar-refractivity contribution >= 4 is 57.4 Å². The van der Waals surface area contributed by atoms with Crippen molar-refractivity contribution in [2.24, 2.45) is 0 Å². The summed E-state index contributed by atoms with van der Waals surface area (Å²) in [5.74, 6) is 0.219. The lowest BCUT2D eigenvalue weighted by molar-refractivity contribution is 0.514. The van der Waals surface area contributed by atoms with Crippen molar-refractivity contribution in [1.82, 2.24) is 54.0 Å². The van der Waals surface area contributed by atoms with Crippen molar-refractivity contribution in [3.8, 4) is 0 Å². The largest absolute Gasteiger partial charge is 0.368 e. The van der Waals surface area contributed by atoms with Crippen molar-refractivity contribution < 1.29 is 0 Å². The van der Waals surface area contributed by atoms with Gasteiger partial charge in [-0.05, 0) is 12.8 Å². The summed E-state index contributed by atoms with van der Waals surface area (Å²) in [7, 11) is 0. The van der Waals surface area contributed by atoms with E-state index in [0.29, 0.717) is 42.0 Å². The van der Waals surface area contributed by atoms with Crippen molar-refractivity contribution in [3.05, 3.63) is 34.9 Å². The third-order valence-corrected chi connectivity index (χ3v) is 5.36. The predicted octanol–water partition coefficient (Wildman–Crippen LogP) is 1.56. The minimum absolute atomic E-state index is 0.0926. The molecule has 0 radical (unpaired) electrons. The zero-order valence-corrected chi connectivity index (χ0v) is 18.1. The number of fused-ring (bicyclic) bond motifs is 2. The Morgan fingerprint density at radius 3 is 2.06 bits per heavy atom. The molecule has 0 bridgehead atoms. The van der Waals surface area contributed by atoms with Crippen molar-refractivity contribution in [2.75, 3.05) is 11.5 Å². The molecule has 0 spiro atoms. The topological polar surface area (TPSA) is 170 Å². The van der Waals surface area contributed by atoms with Crippen molar-refractivity contribution in [3.63, 3.8) is 0 Å². The van der Waals surface area contributed by atoms with E-state index in [1.165, 1.54) is 0 Å². The number of nitrogens with zero attached hydrogens (tertiary/aromatic N) is 11. The second kappa shape index (κ2) is 8.16. The molecule has 0 atom stereocenters. The molecule has 0 saturated heterocycles. The molecule has 5 aromatic rings. The lowest BCUT2D eigenvalue weighted by Crippen LogP contribution is -2.04. The molecule has 0 aromatic carbocycles. The van der Waals surface area contributed by atoms with Crippen LogP contribution in [0, 0.1) is 0 Å². The molecule has 13 nitrogen and oxygen atoms in total. The highest BCUT2D eigenvalue weighted by Gasteiger charge is 2.13. The molecule has 0 aliphatic rings. The van der Waals surface area contributed by atoms with Crippen LogP contribution in [0.15, 0.2) is 18.9 Å². The number of unbranched alkanes of at least 4 members (excludes halogenated alkanes) is 1. The lowest BCUT2D eigenvalue weighted by Gasteiger charge is -2.04. The van der Waals surface area contributed by atoms with Crippen LogP contribution in [0.1, 0.15) is 18.5 Å². The van der Waals surface area contributed by atoms with E-state index < -0.39 is 0 Å². The first-order valence-corrected chi connectivity index (χ1v) is 10.4. The molecule has 0 unspecified atom stereocenters. The van der Waals surface area contributed by atoms with Gasteiger partial charge in [-0.15, -0.1) is 5.10 Å². The van der Waals surface area contributed by atoms with Gasteiger partial charge in [-0.1, -0.05) is 28.4 Å². The summed E-state index contributed by atoms with van der Waals surface area (Å²) >= 11 is 12.1. The van der Waals surface area contributed by atoms with E-state index in [-0.39, 0.29) is 22.2 Å². The monoisotopic (exact) mass is 473 g/mol. The van der Waals surface area contributed by atoms with Gasteiger partial charge in [-0.3, -0.25) is 4.68 Å². The maximum atomic E-state index is 6.07. The summed E-state index contributed by atoms with van der Waals surface area (Å²) in [4.78, 5) is 24.8. The van der Waals surface area contributed by atoms with Crippen molar-refractivity contribution in [2.45, 2.75) is 32.5 Å². The Morgan fingerprint density at radius 1 is 0.781 bits per heavy atom. The van der Waals surface area contributed by atoms with Gasteiger partial charge in [0, 0.05) is 13.1 Å². The molecular weight excluding hydrogens is 457 g/mol. The Morgan fingerprint density at radius 2 is 1.38 bits per heavy atom. The van der Waals surface area contributed by atoms with Crippen LogP contribution in [0.25, 0.3) is 22.3 Å². The highest BCUT2D eigenvalue weighted by molar-refractivity contribution is 6.34. The number of aryl methyl sites for hydroxylation is 2. The maximum absolute atomic E-state index is 6.07. The minimum Gasteiger partial charge on any atom is -0.368 e. The zero-order valence-electron chi connectivity index (χ0n) is 16.6. The quantitative estimate of drug-likeness (QED) is 0.261. The normalized spacial score (nSPS) is 11.7. The number of nitrogen functional groups attached to an aromatic ring is 2. The van der Waals surface area contributed by atoms with Gasteiger partial charge in [0.25, 0.3) is 0 Å². The minimum atomic E-state index is 0.0926. The Balaban J connectivity index is 1.20. The van der Waals surface area contributed by atoms with E-state index in [2.05, 4.69) is 40.2 Å². The molecule has 0 fully saturated rings. The van der Waals surface area contributed by atoms with Crippen LogP contribution >= 0.6 is 23.2 Å². The number of aromatic nitrogens is 11. The van der Waals surface area contributed by atoms with Gasteiger partial charge < -0.3 is 20.6 Å². The molecule has 5 heterocycles. The van der Waals surface area contributed by atoms with E-state index >= 15 is 0 Å². The van der Waals surface area contributed by atoms with Gasteiger partial charge >= 0.3 is 0 Å². The average molecular weight is 474 g/mol. The first-order chi connectivity index (χ1) is 15.5. The fourth-order valence-electron chi connectivity index (χ4n) is 3.38. The van der Waals surface area contributed by atoms with Gasteiger partial charge in [0.15, 0.2) is 21.6 Å². The number of anilines is 2. The highest BCUT2D eigenvalue weighted by Crippen LogP contribution is 2.21. The third-order valence-electron chi connectivity index (χ3n) is 4.83. The van der Waals surface area contributed by atoms with Crippen LogP contribution in [0.4, 0.5) is 11.9 Å². The molecule has 164 valence electrons. The molecule has 0 aliphatic carbocycles. The molecule has 5 aromatic heterocycles. The van der Waals surface area contributed by atoms with Crippen LogP contribution in [0.5, 0.6) is 0 Å².